The number of nitrogens with zero attached hydrogens (tertiary/aromatic N) is 2. The first-order valence-electron chi connectivity index (χ1n) is 11.5. The van der Waals surface area contributed by atoms with Gasteiger partial charge in [-0.1, -0.05) is 60.7 Å². The van der Waals surface area contributed by atoms with E-state index in [4.69, 9.17) is 4.74 Å². The molecule has 2 amide bonds. The molecule has 0 aliphatic heterocycles. The van der Waals surface area contributed by atoms with Gasteiger partial charge < -0.3 is 15.0 Å². The number of carbonyl (C=O) groups is 2. The van der Waals surface area contributed by atoms with Crippen molar-refractivity contribution in [2.24, 2.45) is 0 Å². The lowest BCUT2D eigenvalue weighted by Crippen LogP contribution is -2.53. The van der Waals surface area contributed by atoms with E-state index in [0.717, 1.165) is 16.1 Å². The molecule has 3 aromatic carbocycles. The Balaban J connectivity index is 2.06. The number of hydrogen-bond donors (Lipinski definition) is 1. The molecule has 8 nitrogen and oxygen atoms in total. The van der Waals surface area contributed by atoms with Crippen LogP contribution in [0.1, 0.15) is 11.1 Å². The number of nitrogens with one attached hydrogen (secondary N) is 1. The second-order valence-electron chi connectivity index (χ2n) is 8.37. The van der Waals surface area contributed by atoms with E-state index in [1.165, 1.54) is 43.3 Å². The molecule has 1 N–H and O–H groups in total. The number of ether oxygens (including phenoxy) is 1. The van der Waals surface area contributed by atoms with E-state index in [0.29, 0.717) is 0 Å². The number of benzene rings is 3. The fourth-order valence-electron chi connectivity index (χ4n) is 3.96. The topological polar surface area (TPSA) is 96.0 Å². The molecule has 0 heterocycles. The van der Waals surface area contributed by atoms with Crippen LogP contribution in [0.15, 0.2) is 78.9 Å². The summed E-state index contributed by atoms with van der Waals surface area (Å²) in [6.07, 6.45) is 1.13. The second-order valence-corrected chi connectivity index (χ2v) is 10.3. The summed E-state index contributed by atoms with van der Waals surface area (Å²) in [5.74, 6) is -1.42. The van der Waals surface area contributed by atoms with E-state index in [2.05, 4.69) is 5.32 Å². The average Bonchev–Trinajstić information content (AvgIpc) is 2.89. The molecule has 3 aromatic rings. The standard InChI is InChI=1S/C27H30FN3O5S/c1-29-27(33)24(17-20-11-5-4-6-12-20)30(18-21-13-7-8-14-22(21)28)26(32)19-31(37(3,34)35)23-15-9-10-16-25(23)36-2/h4-16,24H,17-19H2,1-3H3,(H,29,33)/t24-/m1/s1. The van der Waals surface area contributed by atoms with Crippen molar-refractivity contribution in [1.29, 1.82) is 0 Å². The summed E-state index contributed by atoms with van der Waals surface area (Å²) in [7, 11) is -1.10. The molecule has 0 spiro atoms. The first kappa shape index (κ1) is 27.7. The molecule has 0 saturated heterocycles. The van der Waals surface area contributed by atoms with Crippen molar-refractivity contribution in [2.75, 3.05) is 31.3 Å². The summed E-state index contributed by atoms with van der Waals surface area (Å²) in [6.45, 7) is -0.851. The number of rotatable bonds is 11. The van der Waals surface area contributed by atoms with Gasteiger partial charge in [0.25, 0.3) is 0 Å². The van der Waals surface area contributed by atoms with Gasteiger partial charge in [-0.05, 0) is 23.8 Å². The van der Waals surface area contributed by atoms with Crippen LogP contribution in [0.3, 0.4) is 0 Å². The number of methoxy groups -OCH3 is 1. The number of para-hydroxylation sites is 2. The van der Waals surface area contributed by atoms with Crippen molar-refractivity contribution < 1.29 is 27.1 Å². The van der Waals surface area contributed by atoms with Crippen molar-refractivity contribution in [3.63, 3.8) is 0 Å². The highest BCUT2D eigenvalue weighted by molar-refractivity contribution is 7.92. The Morgan fingerprint density at radius 2 is 1.59 bits per heavy atom. The Labute approximate surface area is 216 Å². The van der Waals surface area contributed by atoms with Crippen molar-refractivity contribution >= 4 is 27.5 Å². The van der Waals surface area contributed by atoms with Crippen molar-refractivity contribution in [1.82, 2.24) is 10.2 Å². The SMILES string of the molecule is CNC(=O)[C@@H](Cc1ccccc1)N(Cc1ccccc1F)C(=O)CN(c1ccccc1OC)S(C)(=O)=O. The lowest BCUT2D eigenvalue weighted by molar-refractivity contribution is -0.139. The molecule has 0 unspecified atom stereocenters. The molecular weight excluding hydrogens is 497 g/mol. The molecule has 0 saturated carbocycles. The summed E-state index contributed by atoms with van der Waals surface area (Å²) >= 11 is 0. The first-order chi connectivity index (χ1) is 17.7. The Kier molecular flexibility index (Phi) is 9.24. The number of amides is 2. The van der Waals surface area contributed by atoms with Gasteiger partial charge in [-0.15, -0.1) is 0 Å². The lowest BCUT2D eigenvalue weighted by Gasteiger charge is -2.33. The fraction of sp³-hybridized carbons (Fsp3) is 0.259. The normalized spacial score (nSPS) is 11.9. The first-order valence-corrected chi connectivity index (χ1v) is 13.4. The van der Waals surface area contributed by atoms with Gasteiger partial charge in [0.05, 0.1) is 19.1 Å². The van der Waals surface area contributed by atoms with Crippen LogP contribution >= 0.6 is 0 Å². The third-order valence-corrected chi connectivity index (χ3v) is 6.98. The van der Waals surface area contributed by atoms with Gasteiger partial charge in [0.1, 0.15) is 24.2 Å². The Bertz CT molecular complexity index is 1330. The third-order valence-electron chi connectivity index (χ3n) is 5.85. The summed E-state index contributed by atoms with van der Waals surface area (Å²) < 4.78 is 46.4. The molecule has 37 heavy (non-hydrogen) atoms. The van der Waals surface area contributed by atoms with E-state index in [1.54, 1.807) is 24.3 Å². The molecular formula is C27H30FN3O5S. The van der Waals surface area contributed by atoms with Gasteiger partial charge in [0.2, 0.25) is 21.8 Å². The van der Waals surface area contributed by atoms with E-state index in [9.17, 15) is 22.4 Å². The van der Waals surface area contributed by atoms with Crippen LogP contribution in [-0.2, 0) is 32.6 Å². The van der Waals surface area contributed by atoms with Crippen molar-refractivity contribution in [2.45, 2.75) is 19.0 Å². The predicted octanol–water partition coefficient (Wildman–Crippen LogP) is 2.99. The zero-order valence-electron chi connectivity index (χ0n) is 20.9. The largest absolute Gasteiger partial charge is 0.495 e. The highest BCUT2D eigenvalue weighted by Crippen LogP contribution is 2.30. The Morgan fingerprint density at radius 1 is 0.973 bits per heavy atom. The summed E-state index contributed by atoms with van der Waals surface area (Å²) in [6, 6.07) is 20.4. The molecule has 196 valence electrons. The van der Waals surface area contributed by atoms with Gasteiger partial charge in [-0.25, -0.2) is 12.8 Å². The summed E-state index contributed by atoms with van der Waals surface area (Å²) in [5.41, 5.74) is 1.15. The maximum atomic E-state index is 14.6. The highest BCUT2D eigenvalue weighted by atomic mass is 32.2. The monoisotopic (exact) mass is 527 g/mol. The van der Waals surface area contributed by atoms with Gasteiger partial charge in [0, 0.05) is 25.6 Å². The van der Waals surface area contributed by atoms with Crippen molar-refractivity contribution in [3.05, 3.63) is 95.8 Å². The van der Waals surface area contributed by atoms with Gasteiger partial charge >= 0.3 is 0 Å². The quantitative estimate of drug-likeness (QED) is 0.414. The minimum atomic E-state index is -3.94. The highest BCUT2D eigenvalue weighted by Gasteiger charge is 2.33. The molecule has 3 rings (SSSR count). The number of sulfonamides is 1. The number of halogens is 1. The summed E-state index contributed by atoms with van der Waals surface area (Å²) in [4.78, 5) is 28.1. The van der Waals surface area contributed by atoms with Crippen LogP contribution in [0.25, 0.3) is 0 Å². The van der Waals surface area contributed by atoms with E-state index < -0.39 is 40.2 Å². The molecule has 0 aliphatic rings. The van der Waals surface area contributed by atoms with Crippen molar-refractivity contribution in [3.8, 4) is 5.75 Å². The average molecular weight is 528 g/mol. The van der Waals surface area contributed by atoms with E-state index in [-0.39, 0.29) is 30.0 Å². The van der Waals surface area contributed by atoms with E-state index in [1.807, 2.05) is 30.3 Å². The number of carbonyl (C=O) groups excluding carboxylic acids is 2. The zero-order chi connectivity index (χ0) is 27.0. The lowest BCUT2D eigenvalue weighted by atomic mass is 10.0. The van der Waals surface area contributed by atoms with Crippen LogP contribution in [0.5, 0.6) is 5.75 Å². The fourth-order valence-corrected chi connectivity index (χ4v) is 4.81. The maximum Gasteiger partial charge on any atom is 0.244 e. The molecule has 0 bridgehead atoms. The minimum Gasteiger partial charge on any atom is -0.495 e. The van der Waals surface area contributed by atoms with Gasteiger partial charge in [0.15, 0.2) is 0 Å². The van der Waals surface area contributed by atoms with Gasteiger partial charge in [-0.2, -0.15) is 0 Å². The molecule has 1 atom stereocenters. The smallest absolute Gasteiger partial charge is 0.244 e. The molecule has 0 fully saturated rings. The molecule has 10 heteroatoms. The summed E-state index contributed by atoms with van der Waals surface area (Å²) in [5, 5.41) is 2.58. The molecule has 0 aromatic heterocycles. The molecule has 0 aliphatic carbocycles. The van der Waals surface area contributed by atoms with Crippen LogP contribution in [0.4, 0.5) is 10.1 Å². The van der Waals surface area contributed by atoms with E-state index >= 15 is 0 Å². The minimum absolute atomic E-state index is 0.147. The predicted molar refractivity (Wildman–Crippen MR) is 140 cm³/mol. The number of hydrogen-bond acceptors (Lipinski definition) is 5. The van der Waals surface area contributed by atoms with Crippen LogP contribution in [0, 0.1) is 5.82 Å². The van der Waals surface area contributed by atoms with Gasteiger partial charge in [-0.3, -0.25) is 13.9 Å². The number of anilines is 1. The zero-order valence-corrected chi connectivity index (χ0v) is 21.7. The van der Waals surface area contributed by atoms with Crippen LogP contribution in [0.2, 0.25) is 0 Å². The second kappa shape index (κ2) is 12.4. The maximum absolute atomic E-state index is 14.6. The third kappa shape index (κ3) is 7.07. The Morgan fingerprint density at radius 3 is 2.22 bits per heavy atom. The molecule has 0 radical (unpaired) electrons. The Hall–Kier alpha value is -3.92. The number of likely N-dealkylation sites (N-methyl/N-ethyl adjacent to an activating group) is 1. The van der Waals surface area contributed by atoms with Crippen LogP contribution < -0.4 is 14.4 Å². The van der Waals surface area contributed by atoms with Crippen LogP contribution in [-0.4, -0.2) is 58.1 Å².